The van der Waals surface area contributed by atoms with Gasteiger partial charge in [0.05, 0.1) is 24.1 Å². The van der Waals surface area contributed by atoms with Crippen molar-refractivity contribution >= 4 is 17.2 Å². The molecule has 3 rings (SSSR count). The van der Waals surface area contributed by atoms with E-state index < -0.39 is 0 Å². The van der Waals surface area contributed by atoms with Crippen LogP contribution in [0.3, 0.4) is 0 Å². The predicted octanol–water partition coefficient (Wildman–Crippen LogP) is 1.19. The first-order chi connectivity index (χ1) is 11.6. The van der Waals surface area contributed by atoms with Gasteiger partial charge in [0.1, 0.15) is 11.4 Å². The van der Waals surface area contributed by atoms with Crippen molar-refractivity contribution in [2.45, 2.75) is 13.0 Å². The second-order valence-corrected chi connectivity index (χ2v) is 5.25. The number of nitrogens with one attached hydrogen (secondary N) is 1. The summed E-state index contributed by atoms with van der Waals surface area (Å²) in [5, 5.41) is 8.26. The highest BCUT2D eigenvalue weighted by molar-refractivity contribution is 6.02. The molecule has 1 aromatic carbocycles. The van der Waals surface area contributed by atoms with Crippen LogP contribution in [0.15, 0.2) is 58.7 Å². The van der Waals surface area contributed by atoms with E-state index in [-0.39, 0.29) is 28.7 Å². The lowest BCUT2D eigenvalue weighted by Crippen LogP contribution is -2.25. The van der Waals surface area contributed by atoms with Gasteiger partial charge in [-0.3, -0.25) is 4.79 Å². The molecule has 5 N–H and O–H groups in total. The van der Waals surface area contributed by atoms with E-state index in [2.05, 4.69) is 20.2 Å². The number of nitrogens with two attached hydrogens (primary N) is 2. The van der Waals surface area contributed by atoms with Gasteiger partial charge >= 0.3 is 0 Å². The Morgan fingerprint density at radius 3 is 2.50 bits per heavy atom. The average Bonchev–Trinajstić information content (AvgIpc) is 3.09. The maximum atomic E-state index is 11.8. The lowest BCUT2D eigenvalue weighted by molar-refractivity contribution is 0.493. The van der Waals surface area contributed by atoms with Crippen LogP contribution in [0.25, 0.3) is 0 Å². The first-order valence-electron chi connectivity index (χ1n) is 7.33. The van der Waals surface area contributed by atoms with E-state index in [1.807, 2.05) is 31.2 Å². The summed E-state index contributed by atoms with van der Waals surface area (Å²) < 4.78 is 0. The number of pyridine rings is 1. The van der Waals surface area contributed by atoms with Crippen LogP contribution in [-0.4, -0.2) is 25.8 Å². The molecule has 1 atom stereocenters. The Balaban J connectivity index is 1.87. The number of amidine groups is 1. The summed E-state index contributed by atoms with van der Waals surface area (Å²) in [6, 6.07) is 9.03. The largest absolute Gasteiger partial charge is 0.398 e. The van der Waals surface area contributed by atoms with Crippen molar-refractivity contribution in [3.05, 3.63) is 70.4 Å². The molecule has 0 aliphatic rings. The smallest absolute Gasteiger partial charge is 0.261 e. The zero-order valence-corrected chi connectivity index (χ0v) is 13.0. The monoisotopic (exact) mass is 323 g/mol. The Hall–Kier alpha value is -3.42. The van der Waals surface area contributed by atoms with Gasteiger partial charge in [0, 0.05) is 11.9 Å². The molecule has 3 aromatic rings. The molecule has 8 nitrogen and oxygen atoms in total. The normalized spacial score (nSPS) is 13.0. The number of aliphatic imine (C=N–C) groups is 1. The quantitative estimate of drug-likeness (QED) is 0.491. The third-order valence-electron chi connectivity index (χ3n) is 3.66. The fourth-order valence-corrected chi connectivity index (χ4v) is 2.34. The fraction of sp³-hybridized carbons (Fsp3) is 0.125. The van der Waals surface area contributed by atoms with Crippen molar-refractivity contribution in [1.82, 2.24) is 20.0 Å². The summed E-state index contributed by atoms with van der Waals surface area (Å²) in [5.74, 6) is 0.0730. The van der Waals surface area contributed by atoms with Crippen LogP contribution in [0, 0.1) is 0 Å². The Morgan fingerprint density at radius 2 is 1.88 bits per heavy atom. The van der Waals surface area contributed by atoms with Crippen LogP contribution in [0.4, 0.5) is 11.4 Å². The molecule has 0 saturated carbocycles. The summed E-state index contributed by atoms with van der Waals surface area (Å²) in [7, 11) is 0. The van der Waals surface area contributed by atoms with Crippen molar-refractivity contribution in [2.75, 3.05) is 5.73 Å². The second-order valence-electron chi connectivity index (χ2n) is 5.25. The number of anilines is 1. The molecule has 0 spiro atoms. The van der Waals surface area contributed by atoms with Gasteiger partial charge in [-0.15, -0.1) is 0 Å². The summed E-state index contributed by atoms with van der Waals surface area (Å²) >= 11 is 0. The number of benzene rings is 1. The van der Waals surface area contributed by atoms with Crippen LogP contribution in [0.1, 0.15) is 24.1 Å². The van der Waals surface area contributed by atoms with Gasteiger partial charge in [0.2, 0.25) is 0 Å². The number of hydrogen-bond donors (Lipinski definition) is 3. The van der Waals surface area contributed by atoms with Gasteiger partial charge in [-0.25, -0.2) is 4.99 Å². The van der Waals surface area contributed by atoms with E-state index in [0.29, 0.717) is 5.69 Å². The minimum atomic E-state index is -0.369. The Morgan fingerprint density at radius 1 is 1.21 bits per heavy atom. The molecule has 2 heterocycles. The van der Waals surface area contributed by atoms with Crippen LogP contribution in [0.2, 0.25) is 0 Å². The molecule has 122 valence electrons. The number of aromatic nitrogens is 4. The Kier molecular flexibility index (Phi) is 4.11. The number of rotatable bonds is 4. The van der Waals surface area contributed by atoms with Crippen molar-refractivity contribution in [3.8, 4) is 0 Å². The van der Waals surface area contributed by atoms with Crippen LogP contribution < -0.4 is 17.0 Å². The van der Waals surface area contributed by atoms with Crippen LogP contribution in [-0.2, 0) is 0 Å². The highest BCUT2D eigenvalue weighted by Crippen LogP contribution is 2.20. The van der Waals surface area contributed by atoms with Crippen LogP contribution in [0.5, 0.6) is 0 Å². The zero-order valence-electron chi connectivity index (χ0n) is 13.0. The van der Waals surface area contributed by atoms with E-state index in [4.69, 9.17) is 11.5 Å². The van der Waals surface area contributed by atoms with E-state index in [1.54, 1.807) is 23.3 Å². The standard InChI is InChI=1S/C16H17N7O/c1-10(23-20-8-9-21-23)11-2-4-12(5-3-11)22-15(18)14-13(17)6-7-19-16(14)24/h2-10H,1H3,(H2,18,22)(H3,17,19,24). The van der Waals surface area contributed by atoms with E-state index >= 15 is 0 Å². The van der Waals surface area contributed by atoms with Gasteiger partial charge in [-0.1, -0.05) is 12.1 Å². The van der Waals surface area contributed by atoms with E-state index in [0.717, 1.165) is 5.56 Å². The number of nitrogen functional groups attached to an aromatic ring is 1. The lowest BCUT2D eigenvalue weighted by atomic mass is 10.1. The van der Waals surface area contributed by atoms with Gasteiger partial charge < -0.3 is 16.5 Å². The molecular formula is C16H17N7O. The summed E-state index contributed by atoms with van der Waals surface area (Å²) in [6.07, 6.45) is 4.74. The average molecular weight is 323 g/mol. The maximum absolute atomic E-state index is 11.8. The van der Waals surface area contributed by atoms with Crippen molar-refractivity contribution in [1.29, 1.82) is 0 Å². The predicted molar refractivity (Wildman–Crippen MR) is 92.1 cm³/mol. The SMILES string of the molecule is CC(c1ccc(N=C(N)c2c(N)cc[nH]c2=O)cc1)n1nccn1. The minimum Gasteiger partial charge on any atom is -0.398 e. The Bertz CT molecular complexity index is 910. The zero-order chi connectivity index (χ0) is 17.1. The maximum Gasteiger partial charge on any atom is 0.261 e. The Labute approximate surface area is 137 Å². The molecule has 0 saturated heterocycles. The first kappa shape index (κ1) is 15.5. The fourth-order valence-electron chi connectivity index (χ4n) is 2.34. The summed E-state index contributed by atoms with van der Waals surface area (Å²) in [5.41, 5.74) is 13.5. The van der Waals surface area contributed by atoms with Gasteiger partial charge in [-0.2, -0.15) is 15.0 Å². The molecule has 0 aliphatic heterocycles. The second kappa shape index (κ2) is 6.37. The van der Waals surface area contributed by atoms with Crippen LogP contribution >= 0.6 is 0 Å². The highest BCUT2D eigenvalue weighted by Gasteiger charge is 2.10. The molecule has 0 aliphatic carbocycles. The topological polar surface area (TPSA) is 128 Å². The number of nitrogens with zero attached hydrogens (tertiary/aromatic N) is 4. The molecule has 24 heavy (non-hydrogen) atoms. The minimum absolute atomic E-state index is 0.00277. The summed E-state index contributed by atoms with van der Waals surface area (Å²) in [6.45, 7) is 2.00. The molecule has 0 bridgehead atoms. The van der Waals surface area contributed by atoms with Gasteiger partial charge in [0.15, 0.2) is 0 Å². The third-order valence-corrected chi connectivity index (χ3v) is 3.66. The van der Waals surface area contributed by atoms with Gasteiger partial charge in [0.25, 0.3) is 5.56 Å². The molecule has 2 aromatic heterocycles. The van der Waals surface area contributed by atoms with E-state index in [9.17, 15) is 4.79 Å². The van der Waals surface area contributed by atoms with Crippen molar-refractivity contribution in [2.24, 2.45) is 10.7 Å². The first-order valence-corrected chi connectivity index (χ1v) is 7.33. The van der Waals surface area contributed by atoms with Gasteiger partial charge in [-0.05, 0) is 30.7 Å². The molecule has 1 unspecified atom stereocenters. The van der Waals surface area contributed by atoms with E-state index in [1.165, 1.54) is 6.20 Å². The molecule has 8 heteroatoms. The molecule has 0 fully saturated rings. The number of H-pyrrole nitrogens is 1. The van der Waals surface area contributed by atoms with Crippen molar-refractivity contribution < 1.29 is 0 Å². The number of aromatic amines is 1. The third kappa shape index (κ3) is 3.02. The van der Waals surface area contributed by atoms with Crippen molar-refractivity contribution in [3.63, 3.8) is 0 Å². The molecular weight excluding hydrogens is 306 g/mol. The summed E-state index contributed by atoms with van der Waals surface area (Å²) in [4.78, 5) is 20.3. The number of hydrogen-bond acceptors (Lipinski definition) is 5. The highest BCUT2D eigenvalue weighted by atomic mass is 16.1. The molecule has 0 radical (unpaired) electrons. The molecule has 0 amide bonds. The lowest BCUT2D eigenvalue weighted by Gasteiger charge is -2.11.